The Labute approximate surface area is 94.9 Å². The first-order chi connectivity index (χ1) is 7.58. The second-order valence-corrected chi connectivity index (χ2v) is 3.78. The van der Waals surface area contributed by atoms with Crippen LogP contribution in [0, 0.1) is 5.41 Å². The molecule has 1 aromatic rings. The van der Waals surface area contributed by atoms with E-state index in [1.54, 1.807) is 10.9 Å². The van der Waals surface area contributed by atoms with E-state index >= 15 is 0 Å². The highest BCUT2D eigenvalue weighted by molar-refractivity contribution is 7.10. The lowest BCUT2D eigenvalue weighted by Gasteiger charge is -2.11. The molecule has 1 aromatic heterocycles. The Morgan fingerprint density at radius 1 is 1.75 bits per heavy atom. The fourth-order valence-electron chi connectivity index (χ4n) is 1.04. The molecule has 1 amide bonds. The Morgan fingerprint density at radius 2 is 2.44 bits per heavy atom. The molecule has 7 nitrogen and oxygen atoms in total. The summed E-state index contributed by atoms with van der Waals surface area (Å²) in [5, 5.41) is 26.4. The molecule has 0 saturated carbocycles. The number of hydrogen-bond donors (Lipinski definition) is 5. The molecule has 0 saturated heterocycles. The molecule has 0 unspecified atom stereocenters. The Balaban J connectivity index is 2.82. The number of ether oxygens (including phenoxy) is 1. The molecule has 0 aliphatic rings. The lowest BCUT2D eigenvalue weighted by Crippen LogP contribution is -2.19. The van der Waals surface area contributed by atoms with Gasteiger partial charge in [-0.25, -0.2) is 4.79 Å². The van der Waals surface area contributed by atoms with E-state index in [0.29, 0.717) is 10.4 Å². The van der Waals surface area contributed by atoms with Crippen molar-refractivity contribution < 1.29 is 19.8 Å². The molecule has 1 heterocycles. The van der Waals surface area contributed by atoms with Gasteiger partial charge in [-0.1, -0.05) is 0 Å². The normalized spacial score (nSPS) is 11.9. The Hall–Kier alpha value is -1.64. The number of primary amides is 1. The average Bonchev–Trinajstić information content (AvgIpc) is 2.73. The van der Waals surface area contributed by atoms with Gasteiger partial charge in [-0.15, -0.1) is 11.3 Å². The van der Waals surface area contributed by atoms with Gasteiger partial charge >= 0.3 is 6.09 Å². The van der Waals surface area contributed by atoms with Crippen LogP contribution in [0.2, 0.25) is 0 Å². The highest BCUT2D eigenvalue weighted by Gasteiger charge is 2.17. The molecule has 8 heteroatoms. The minimum Gasteiger partial charge on any atom is -0.438 e. The zero-order valence-electron chi connectivity index (χ0n) is 8.14. The molecule has 88 valence electrons. The van der Waals surface area contributed by atoms with E-state index in [1.807, 2.05) is 0 Å². The van der Waals surface area contributed by atoms with Gasteiger partial charge in [-0.2, -0.15) is 0 Å². The summed E-state index contributed by atoms with van der Waals surface area (Å²) in [7, 11) is 0. The second-order valence-electron chi connectivity index (χ2n) is 2.83. The summed E-state index contributed by atoms with van der Waals surface area (Å²) < 4.78 is 4.66. The Bertz CT molecular complexity index is 392. The lowest BCUT2D eigenvalue weighted by molar-refractivity contribution is 0.0653. The minimum atomic E-state index is -0.982. The quantitative estimate of drug-likeness (QED) is 0.293. The highest BCUT2D eigenvalue weighted by Crippen LogP contribution is 2.24. The van der Waals surface area contributed by atoms with Crippen LogP contribution in [0.5, 0.6) is 0 Å². The summed E-state index contributed by atoms with van der Waals surface area (Å²) in [6.07, 6.45) is -1.83. The number of carbonyl (C=O) groups is 1. The van der Waals surface area contributed by atoms with Crippen molar-refractivity contribution >= 4 is 23.3 Å². The predicted molar refractivity (Wildman–Crippen MR) is 56.6 cm³/mol. The van der Waals surface area contributed by atoms with Crippen LogP contribution < -0.4 is 11.2 Å². The number of thiophene rings is 1. The summed E-state index contributed by atoms with van der Waals surface area (Å²) in [4.78, 5) is 11.1. The fraction of sp³-hybridized carbons (Fsp3) is 0.250. The van der Waals surface area contributed by atoms with Crippen molar-refractivity contribution in [2.45, 2.75) is 6.10 Å². The molecule has 0 bridgehead atoms. The Kier molecular flexibility index (Phi) is 4.23. The largest absolute Gasteiger partial charge is 0.438 e. The van der Waals surface area contributed by atoms with Crippen molar-refractivity contribution in [3.63, 3.8) is 0 Å². The Morgan fingerprint density at radius 3 is 2.94 bits per heavy atom. The van der Waals surface area contributed by atoms with Crippen LogP contribution >= 0.6 is 11.3 Å². The van der Waals surface area contributed by atoms with Gasteiger partial charge in [0.1, 0.15) is 5.84 Å². The van der Waals surface area contributed by atoms with Gasteiger partial charge < -0.3 is 15.6 Å². The van der Waals surface area contributed by atoms with Gasteiger partial charge in [0.05, 0.1) is 6.61 Å². The average molecular weight is 245 g/mol. The number of nitrogens with two attached hydrogens (primary N) is 1. The van der Waals surface area contributed by atoms with Gasteiger partial charge in [0.15, 0.2) is 6.10 Å². The highest BCUT2D eigenvalue weighted by atomic mass is 32.1. The number of hydroxylamine groups is 1. The molecule has 6 N–H and O–H groups in total. The van der Waals surface area contributed by atoms with Crippen LogP contribution in [0.3, 0.4) is 0 Å². The van der Waals surface area contributed by atoms with E-state index in [2.05, 4.69) is 4.74 Å². The molecule has 0 aliphatic heterocycles. The predicted octanol–water partition coefficient (Wildman–Crippen LogP) is 0.181. The maximum atomic E-state index is 10.5. The van der Waals surface area contributed by atoms with Crippen LogP contribution in [0.15, 0.2) is 11.4 Å². The summed E-state index contributed by atoms with van der Waals surface area (Å²) in [6, 6.07) is 1.51. The van der Waals surface area contributed by atoms with Gasteiger partial charge in [-0.3, -0.25) is 16.1 Å². The number of aliphatic hydroxyl groups excluding tert-OH is 1. The van der Waals surface area contributed by atoms with Crippen LogP contribution in [0.25, 0.3) is 0 Å². The van der Waals surface area contributed by atoms with Crippen molar-refractivity contribution in [1.29, 1.82) is 5.41 Å². The van der Waals surface area contributed by atoms with Gasteiger partial charge in [0.25, 0.3) is 0 Å². The third-order valence-corrected chi connectivity index (χ3v) is 2.79. The fourth-order valence-corrected chi connectivity index (χ4v) is 1.96. The van der Waals surface area contributed by atoms with Crippen molar-refractivity contribution in [3.05, 3.63) is 21.9 Å². The molecule has 16 heavy (non-hydrogen) atoms. The van der Waals surface area contributed by atoms with Gasteiger partial charge in [-0.05, 0) is 6.07 Å². The molecular weight excluding hydrogens is 234 g/mol. The third kappa shape index (κ3) is 2.92. The number of amides is 1. The number of rotatable bonds is 4. The standard InChI is InChI=1S/C8H11N3O4S/c9-7(11-14)4-1-6(16-3-4)5(2-12)15-8(10)13/h1,3,5,12,14H,2H2,(H2,9,11)(H2,10,13)/t5-/m0/s1. The summed E-state index contributed by atoms with van der Waals surface area (Å²) in [5.41, 5.74) is 6.95. The molecule has 0 radical (unpaired) electrons. The third-order valence-electron chi connectivity index (χ3n) is 1.76. The smallest absolute Gasteiger partial charge is 0.405 e. The number of aliphatic hydroxyl groups is 1. The van der Waals surface area contributed by atoms with E-state index in [4.69, 9.17) is 21.5 Å². The van der Waals surface area contributed by atoms with Crippen molar-refractivity contribution in [1.82, 2.24) is 5.48 Å². The maximum absolute atomic E-state index is 10.5. The first kappa shape index (κ1) is 12.4. The monoisotopic (exact) mass is 245 g/mol. The summed E-state index contributed by atoms with van der Waals surface area (Å²) in [6.45, 7) is -0.400. The minimum absolute atomic E-state index is 0.182. The SMILES string of the molecule is N=C(NO)c1csc([C@H](CO)OC(N)=O)c1. The second kappa shape index (κ2) is 5.45. The van der Waals surface area contributed by atoms with Crippen LogP contribution in [-0.4, -0.2) is 28.8 Å². The number of hydrogen-bond acceptors (Lipinski definition) is 6. The van der Waals surface area contributed by atoms with Gasteiger partial charge in [0, 0.05) is 15.8 Å². The van der Waals surface area contributed by atoms with E-state index in [-0.39, 0.29) is 5.84 Å². The van der Waals surface area contributed by atoms with Crippen molar-refractivity contribution in [3.8, 4) is 0 Å². The molecule has 1 rings (SSSR count). The van der Waals surface area contributed by atoms with E-state index in [9.17, 15) is 4.79 Å². The topological polar surface area (TPSA) is 129 Å². The lowest BCUT2D eigenvalue weighted by atomic mass is 10.2. The summed E-state index contributed by atoms with van der Waals surface area (Å²) in [5.74, 6) is -0.182. The van der Waals surface area contributed by atoms with Crippen molar-refractivity contribution in [2.75, 3.05) is 6.61 Å². The molecule has 0 aromatic carbocycles. The first-order valence-corrected chi connectivity index (χ1v) is 5.10. The molecule has 0 fully saturated rings. The molecule has 1 atom stereocenters. The summed E-state index contributed by atoms with van der Waals surface area (Å²) >= 11 is 1.18. The van der Waals surface area contributed by atoms with E-state index in [1.165, 1.54) is 17.4 Å². The van der Waals surface area contributed by atoms with Crippen LogP contribution in [0.1, 0.15) is 16.5 Å². The maximum Gasteiger partial charge on any atom is 0.405 e. The first-order valence-electron chi connectivity index (χ1n) is 4.23. The van der Waals surface area contributed by atoms with Gasteiger partial charge in [0.2, 0.25) is 0 Å². The number of amidine groups is 1. The van der Waals surface area contributed by atoms with Crippen LogP contribution in [-0.2, 0) is 4.74 Å². The molecule has 0 spiro atoms. The molecule has 0 aliphatic carbocycles. The van der Waals surface area contributed by atoms with E-state index in [0.717, 1.165) is 0 Å². The van der Waals surface area contributed by atoms with Crippen LogP contribution in [0.4, 0.5) is 4.79 Å². The zero-order valence-corrected chi connectivity index (χ0v) is 8.95. The number of nitrogens with one attached hydrogen (secondary N) is 2. The van der Waals surface area contributed by atoms with E-state index < -0.39 is 18.8 Å². The molecular formula is C8H11N3O4S. The number of carbonyl (C=O) groups excluding carboxylic acids is 1. The zero-order chi connectivity index (χ0) is 12.1. The van der Waals surface area contributed by atoms with Crippen molar-refractivity contribution in [2.24, 2.45) is 5.73 Å².